The first-order valence-corrected chi connectivity index (χ1v) is 23.7. The SMILES string of the molecule is [C-]#[N+]c1ccc(-c2ccc3c4ccc(-c5ccc(C#N)cc5)cc4n(-c4cc(C#N)cc(-n5c6cc(-c7ccc(C#N)cc7)ccc6c6ccc(-c7ccc([N+]#[C-])cc7)cc65)c4-c4ccc(C#N)cc4F)c3c2)cc1. The van der Waals surface area contributed by atoms with E-state index in [0.717, 1.165) is 88.1 Å². The van der Waals surface area contributed by atoms with Crippen LogP contribution in [0.25, 0.3) is 120 Å². The number of rotatable bonds is 7. The lowest BCUT2D eigenvalue weighted by atomic mass is 9.96. The second-order valence-electron chi connectivity index (χ2n) is 18.1. The van der Waals surface area contributed by atoms with E-state index in [9.17, 15) is 21.0 Å². The highest BCUT2D eigenvalue weighted by Crippen LogP contribution is 2.46. The van der Waals surface area contributed by atoms with Crippen molar-refractivity contribution in [3.05, 3.63) is 251 Å². The van der Waals surface area contributed by atoms with Gasteiger partial charge in [0.15, 0.2) is 11.4 Å². The molecule has 0 unspecified atom stereocenters. The lowest BCUT2D eigenvalue weighted by Crippen LogP contribution is -2.06. The molecule has 0 N–H and O–H groups in total. The predicted molar refractivity (Wildman–Crippen MR) is 294 cm³/mol. The van der Waals surface area contributed by atoms with E-state index in [4.69, 9.17) is 13.1 Å². The van der Waals surface area contributed by atoms with Gasteiger partial charge in [0.1, 0.15) is 5.82 Å². The first kappa shape index (κ1) is 44.8. The van der Waals surface area contributed by atoms with Gasteiger partial charge < -0.3 is 9.13 Å². The second-order valence-corrected chi connectivity index (χ2v) is 18.1. The van der Waals surface area contributed by atoms with Crippen LogP contribution < -0.4 is 0 Å². The summed E-state index contributed by atoms with van der Waals surface area (Å²) in [6, 6.07) is 71.3. The van der Waals surface area contributed by atoms with Crippen LogP contribution >= 0.6 is 0 Å². The van der Waals surface area contributed by atoms with Crippen LogP contribution in [0.1, 0.15) is 22.3 Å². The molecule has 10 aromatic carbocycles. The van der Waals surface area contributed by atoms with E-state index < -0.39 is 5.82 Å². The van der Waals surface area contributed by atoms with Crippen molar-refractivity contribution in [3.63, 3.8) is 0 Å². The Morgan fingerprint density at radius 1 is 0.333 bits per heavy atom. The monoisotopic (exact) mass is 956 g/mol. The molecule has 0 spiro atoms. The zero-order valence-corrected chi connectivity index (χ0v) is 39.5. The standard InChI is InChI=1S/C66H33FN8/c1-72-52-20-12-46(13-21-52)50-18-27-56-54-25-16-48(44-8-3-40(36-68)4-9-44)32-60(54)74(62(56)34-50)64-30-43(39-71)31-65(66(64)58-24-7-42(38-70)29-59(58)67)75-61-33-49(45-10-5-41(37-69)6-11-45)17-26-55(61)57-28-19-51(35-63(57)75)47-14-22-53(73-2)23-15-47/h3-35H. The van der Waals surface area contributed by atoms with Crippen LogP contribution in [0.4, 0.5) is 15.8 Å². The minimum absolute atomic E-state index is 0.142. The number of fused-ring (bicyclic) bond motifs is 6. The highest BCUT2D eigenvalue weighted by molar-refractivity contribution is 6.14. The Bertz CT molecular complexity index is 4150. The Morgan fingerprint density at radius 3 is 0.947 bits per heavy atom. The Hall–Kier alpha value is -11.3. The van der Waals surface area contributed by atoms with Gasteiger partial charge in [0, 0.05) is 32.7 Å². The number of nitrogens with zero attached hydrogens (tertiary/aromatic N) is 8. The van der Waals surface area contributed by atoms with Gasteiger partial charge in [0.05, 0.1) is 93.1 Å². The van der Waals surface area contributed by atoms with Crippen molar-refractivity contribution in [2.24, 2.45) is 0 Å². The van der Waals surface area contributed by atoms with E-state index in [1.807, 2.05) is 72.8 Å². The van der Waals surface area contributed by atoms with Gasteiger partial charge in [-0.2, -0.15) is 21.0 Å². The molecule has 0 aliphatic carbocycles. The minimum Gasteiger partial charge on any atom is -0.308 e. The lowest BCUT2D eigenvalue weighted by Gasteiger charge is -2.22. The topological polar surface area (TPSA) is 114 Å². The summed E-state index contributed by atoms with van der Waals surface area (Å²) < 4.78 is 21.7. The van der Waals surface area contributed by atoms with Gasteiger partial charge in [-0.1, -0.05) is 121 Å². The number of halogens is 1. The van der Waals surface area contributed by atoms with E-state index in [1.165, 1.54) is 6.07 Å². The zero-order valence-electron chi connectivity index (χ0n) is 39.5. The van der Waals surface area contributed by atoms with Gasteiger partial charge in [-0.3, -0.25) is 0 Å². The summed E-state index contributed by atoms with van der Waals surface area (Å²) in [6.07, 6.45) is 0. The molecule has 0 fully saturated rings. The number of aromatic nitrogens is 2. The number of benzene rings is 10. The fourth-order valence-corrected chi connectivity index (χ4v) is 10.3. The number of nitriles is 4. The first-order chi connectivity index (χ1) is 36.8. The molecular formula is C66H33FN8. The van der Waals surface area contributed by atoms with E-state index >= 15 is 4.39 Å². The van der Waals surface area contributed by atoms with Crippen molar-refractivity contribution in [2.75, 3.05) is 0 Å². The summed E-state index contributed by atoms with van der Waals surface area (Å²) in [5.74, 6) is -0.638. The molecule has 0 atom stereocenters. The van der Waals surface area contributed by atoms with Crippen molar-refractivity contribution in [3.8, 4) is 91.3 Å². The molecule has 2 heterocycles. The maximum atomic E-state index is 17.5. The third-order valence-electron chi connectivity index (χ3n) is 14.0. The molecule has 2 aromatic heterocycles. The Labute approximate surface area is 430 Å². The minimum atomic E-state index is -0.638. The maximum Gasteiger partial charge on any atom is 0.187 e. The second kappa shape index (κ2) is 18.1. The highest BCUT2D eigenvalue weighted by atomic mass is 19.1. The molecule has 0 bridgehead atoms. The Kier molecular flexibility index (Phi) is 10.8. The van der Waals surface area contributed by atoms with Crippen molar-refractivity contribution < 1.29 is 4.39 Å². The molecule has 0 saturated carbocycles. The highest BCUT2D eigenvalue weighted by Gasteiger charge is 2.26. The van der Waals surface area contributed by atoms with Crippen molar-refractivity contribution in [2.45, 2.75) is 0 Å². The molecule has 0 aliphatic rings. The van der Waals surface area contributed by atoms with Gasteiger partial charge in [-0.15, -0.1) is 0 Å². The zero-order chi connectivity index (χ0) is 51.3. The largest absolute Gasteiger partial charge is 0.308 e. The van der Waals surface area contributed by atoms with Crippen LogP contribution in [0.15, 0.2) is 200 Å². The summed E-state index contributed by atoms with van der Waals surface area (Å²) in [5.41, 5.74) is 14.2. The Balaban J connectivity index is 1.24. The summed E-state index contributed by atoms with van der Waals surface area (Å²) in [7, 11) is 0. The average Bonchev–Trinajstić information content (AvgIpc) is 3.97. The van der Waals surface area contributed by atoms with E-state index in [1.54, 1.807) is 72.8 Å². The van der Waals surface area contributed by atoms with Crippen LogP contribution in [-0.2, 0) is 0 Å². The molecule has 8 nitrogen and oxygen atoms in total. The third-order valence-corrected chi connectivity index (χ3v) is 14.0. The van der Waals surface area contributed by atoms with Gasteiger partial charge in [0.25, 0.3) is 0 Å². The fraction of sp³-hybridized carbons (Fsp3) is 0. The Morgan fingerprint density at radius 2 is 0.640 bits per heavy atom. The molecule has 12 rings (SSSR count). The first-order valence-electron chi connectivity index (χ1n) is 23.7. The number of hydrogen-bond donors (Lipinski definition) is 0. The summed E-state index contributed by atoms with van der Waals surface area (Å²) in [5, 5.41) is 44.1. The van der Waals surface area contributed by atoms with Gasteiger partial charge >= 0.3 is 0 Å². The van der Waals surface area contributed by atoms with Crippen LogP contribution in [0, 0.1) is 64.3 Å². The molecule has 75 heavy (non-hydrogen) atoms. The molecule has 0 amide bonds. The van der Waals surface area contributed by atoms with Crippen LogP contribution in [0.5, 0.6) is 0 Å². The predicted octanol–water partition coefficient (Wildman–Crippen LogP) is 16.9. The van der Waals surface area contributed by atoms with Crippen LogP contribution in [-0.4, -0.2) is 9.13 Å². The molecule has 344 valence electrons. The van der Waals surface area contributed by atoms with E-state index in [-0.39, 0.29) is 11.1 Å². The van der Waals surface area contributed by atoms with Crippen LogP contribution in [0.2, 0.25) is 0 Å². The molecule has 0 saturated heterocycles. The van der Waals surface area contributed by atoms with Gasteiger partial charge in [-0.05, 0) is 123 Å². The summed E-state index contributed by atoms with van der Waals surface area (Å²) in [6.45, 7) is 15.2. The summed E-state index contributed by atoms with van der Waals surface area (Å²) >= 11 is 0. The third kappa shape index (κ3) is 7.65. The fourth-order valence-electron chi connectivity index (χ4n) is 10.3. The lowest BCUT2D eigenvalue weighted by molar-refractivity contribution is 0.630. The van der Waals surface area contributed by atoms with Crippen LogP contribution in [0.3, 0.4) is 0 Å². The van der Waals surface area contributed by atoms with Gasteiger partial charge in [0.2, 0.25) is 0 Å². The van der Waals surface area contributed by atoms with E-state index in [0.29, 0.717) is 45.0 Å². The molecule has 12 aromatic rings. The molecular weight excluding hydrogens is 924 g/mol. The maximum absolute atomic E-state index is 17.5. The normalized spacial score (nSPS) is 10.9. The van der Waals surface area contributed by atoms with Crippen molar-refractivity contribution in [1.29, 1.82) is 21.0 Å². The average molecular weight is 957 g/mol. The van der Waals surface area contributed by atoms with Crippen molar-refractivity contribution >= 4 is 55.0 Å². The molecule has 9 heteroatoms. The number of hydrogen-bond acceptors (Lipinski definition) is 4. The molecule has 0 radical (unpaired) electrons. The molecule has 0 aliphatic heterocycles. The smallest absolute Gasteiger partial charge is 0.187 e. The quantitative estimate of drug-likeness (QED) is 0.148. The van der Waals surface area contributed by atoms with E-state index in [2.05, 4.69) is 91.6 Å². The summed E-state index contributed by atoms with van der Waals surface area (Å²) in [4.78, 5) is 7.21. The van der Waals surface area contributed by atoms with Gasteiger partial charge in [-0.25, -0.2) is 14.1 Å². The van der Waals surface area contributed by atoms with Crippen molar-refractivity contribution in [1.82, 2.24) is 9.13 Å².